The van der Waals surface area contributed by atoms with Gasteiger partial charge in [-0.25, -0.2) is 4.98 Å². The van der Waals surface area contributed by atoms with Crippen LogP contribution in [0.3, 0.4) is 0 Å². The van der Waals surface area contributed by atoms with E-state index in [9.17, 15) is 5.26 Å². The molecule has 0 atom stereocenters. The highest BCUT2D eigenvalue weighted by atomic mass is 32.1. The number of thiazole rings is 1. The quantitative estimate of drug-likeness (QED) is 0.363. The normalized spacial score (nSPS) is 11.4. The molecule has 0 aliphatic heterocycles. The minimum Gasteiger partial charge on any atom is -0.497 e. The molecule has 134 valence electrons. The molecule has 0 spiro atoms. The van der Waals surface area contributed by atoms with Gasteiger partial charge in [0.15, 0.2) is 15.7 Å². The van der Waals surface area contributed by atoms with Gasteiger partial charge >= 0.3 is 0 Å². The molecule has 0 aliphatic carbocycles. The molecule has 27 heavy (non-hydrogen) atoms. The van der Waals surface area contributed by atoms with Crippen molar-refractivity contribution in [1.29, 1.82) is 5.26 Å². The summed E-state index contributed by atoms with van der Waals surface area (Å²) in [7, 11) is 1.60. The van der Waals surface area contributed by atoms with Crippen LogP contribution in [0.25, 0.3) is 0 Å². The van der Waals surface area contributed by atoms with Crippen LogP contribution in [0.4, 0.5) is 16.4 Å². The van der Waals surface area contributed by atoms with E-state index in [0.717, 1.165) is 17.1 Å². The van der Waals surface area contributed by atoms with Crippen LogP contribution in [-0.2, 0) is 0 Å². The van der Waals surface area contributed by atoms with E-state index in [2.05, 4.69) is 31.8 Å². The number of azo groups is 1. The molecule has 1 N–H and O–H groups in total. The van der Waals surface area contributed by atoms with E-state index in [-0.39, 0.29) is 5.71 Å². The van der Waals surface area contributed by atoms with Crippen molar-refractivity contribution in [2.24, 2.45) is 15.3 Å². The number of nitrogens with zero attached hydrogens (tertiary/aromatic N) is 5. The molecule has 1 heterocycles. The van der Waals surface area contributed by atoms with Gasteiger partial charge in [0.2, 0.25) is 0 Å². The van der Waals surface area contributed by atoms with E-state index in [4.69, 9.17) is 4.74 Å². The van der Waals surface area contributed by atoms with Crippen LogP contribution in [-0.4, -0.2) is 17.8 Å². The Balaban J connectivity index is 1.77. The SMILES string of the molecule is COc1ccc(N/N=C(\C#N)c2nc(C)c(N=Nc3ccccc3)s2)cc1. The Morgan fingerprint density at radius 3 is 2.52 bits per heavy atom. The Labute approximate surface area is 160 Å². The number of hydrazone groups is 1. The van der Waals surface area contributed by atoms with Crippen molar-refractivity contribution in [3.63, 3.8) is 0 Å². The number of nitriles is 1. The Morgan fingerprint density at radius 1 is 1.11 bits per heavy atom. The molecule has 2 aromatic carbocycles. The predicted molar refractivity (Wildman–Crippen MR) is 106 cm³/mol. The fourth-order valence-electron chi connectivity index (χ4n) is 2.09. The molecule has 8 heteroatoms. The zero-order chi connectivity index (χ0) is 19.1. The second kappa shape index (κ2) is 8.69. The molecule has 0 radical (unpaired) electrons. The summed E-state index contributed by atoms with van der Waals surface area (Å²) < 4.78 is 5.11. The molecule has 0 unspecified atom stereocenters. The van der Waals surface area contributed by atoms with Gasteiger partial charge in [0.05, 0.1) is 24.2 Å². The molecule has 7 nitrogen and oxygen atoms in total. The molecule has 3 aromatic rings. The number of hydrogen-bond acceptors (Lipinski definition) is 8. The first-order valence-electron chi connectivity index (χ1n) is 8.02. The maximum absolute atomic E-state index is 9.42. The Hall–Kier alpha value is -3.57. The molecule has 0 saturated heterocycles. The van der Waals surface area contributed by atoms with E-state index in [1.54, 1.807) is 19.2 Å². The number of ether oxygens (including phenoxy) is 1. The van der Waals surface area contributed by atoms with Crippen LogP contribution in [0.5, 0.6) is 5.75 Å². The molecule has 0 saturated carbocycles. The zero-order valence-electron chi connectivity index (χ0n) is 14.7. The molecule has 0 fully saturated rings. The van der Waals surface area contributed by atoms with Crippen LogP contribution in [0, 0.1) is 18.3 Å². The highest BCUT2D eigenvalue weighted by Gasteiger charge is 2.13. The van der Waals surface area contributed by atoms with Gasteiger partial charge in [-0.3, -0.25) is 5.43 Å². The Morgan fingerprint density at radius 2 is 1.85 bits per heavy atom. The smallest absolute Gasteiger partial charge is 0.196 e. The molecule has 0 bridgehead atoms. The van der Waals surface area contributed by atoms with Gasteiger partial charge in [-0.05, 0) is 43.3 Å². The van der Waals surface area contributed by atoms with Crippen LogP contribution >= 0.6 is 11.3 Å². The first-order chi connectivity index (χ1) is 13.2. The van der Waals surface area contributed by atoms with Gasteiger partial charge < -0.3 is 4.74 Å². The number of benzene rings is 2. The van der Waals surface area contributed by atoms with E-state index in [1.807, 2.05) is 49.4 Å². The second-order valence-electron chi connectivity index (χ2n) is 5.36. The first-order valence-corrected chi connectivity index (χ1v) is 8.83. The Kier molecular flexibility index (Phi) is 5.87. The third-order valence-corrected chi connectivity index (χ3v) is 4.53. The summed E-state index contributed by atoms with van der Waals surface area (Å²) in [5, 5.41) is 23.1. The van der Waals surface area contributed by atoms with E-state index in [0.29, 0.717) is 15.7 Å². The van der Waals surface area contributed by atoms with Crippen molar-refractivity contribution < 1.29 is 4.74 Å². The number of hydrogen-bond donors (Lipinski definition) is 1. The number of rotatable bonds is 6. The largest absolute Gasteiger partial charge is 0.497 e. The Bertz CT molecular complexity index is 1000. The molecule has 0 aliphatic rings. The topological polar surface area (TPSA) is 95.0 Å². The van der Waals surface area contributed by atoms with Crippen molar-refractivity contribution in [3.8, 4) is 11.8 Å². The molecule has 0 amide bonds. The number of methoxy groups -OCH3 is 1. The fourth-order valence-corrected chi connectivity index (χ4v) is 2.92. The maximum Gasteiger partial charge on any atom is 0.196 e. The van der Waals surface area contributed by atoms with Gasteiger partial charge in [0.1, 0.15) is 11.8 Å². The van der Waals surface area contributed by atoms with Crippen molar-refractivity contribution in [3.05, 3.63) is 65.3 Å². The van der Waals surface area contributed by atoms with Gasteiger partial charge in [-0.2, -0.15) is 10.4 Å². The van der Waals surface area contributed by atoms with Crippen LogP contribution < -0.4 is 10.2 Å². The summed E-state index contributed by atoms with van der Waals surface area (Å²) in [6.45, 7) is 1.82. The van der Waals surface area contributed by atoms with Gasteiger partial charge in [-0.15, -0.1) is 10.2 Å². The minimum atomic E-state index is 0.181. The highest BCUT2D eigenvalue weighted by molar-refractivity contribution is 7.17. The standard InChI is InChI=1S/C19H16N6OS/c1-13-18(25-23-14-6-4-3-5-7-14)27-19(21-13)17(12-20)24-22-15-8-10-16(26-2)11-9-15/h3-11,22H,1-2H3/b24-17+,25-23?. The maximum atomic E-state index is 9.42. The van der Waals surface area contributed by atoms with Gasteiger partial charge in [-0.1, -0.05) is 29.5 Å². The fraction of sp³-hybridized carbons (Fsp3) is 0.105. The van der Waals surface area contributed by atoms with Gasteiger partial charge in [0.25, 0.3) is 0 Å². The van der Waals surface area contributed by atoms with E-state index in [1.165, 1.54) is 11.3 Å². The minimum absolute atomic E-state index is 0.181. The number of aryl methyl sites for hydroxylation is 1. The number of anilines is 1. The van der Waals surface area contributed by atoms with Crippen LogP contribution in [0.2, 0.25) is 0 Å². The van der Waals surface area contributed by atoms with E-state index >= 15 is 0 Å². The molecule has 1 aromatic heterocycles. The molecular weight excluding hydrogens is 360 g/mol. The summed E-state index contributed by atoms with van der Waals surface area (Å²) in [5.41, 5.74) is 5.22. The summed E-state index contributed by atoms with van der Waals surface area (Å²) in [4.78, 5) is 4.39. The van der Waals surface area contributed by atoms with Crippen molar-refractivity contribution in [1.82, 2.24) is 4.98 Å². The average molecular weight is 376 g/mol. The number of aromatic nitrogens is 1. The van der Waals surface area contributed by atoms with Crippen molar-refractivity contribution in [2.75, 3.05) is 12.5 Å². The average Bonchev–Trinajstić information content (AvgIpc) is 3.08. The van der Waals surface area contributed by atoms with Crippen LogP contribution in [0.15, 0.2) is 69.9 Å². The van der Waals surface area contributed by atoms with Crippen LogP contribution in [0.1, 0.15) is 10.7 Å². The summed E-state index contributed by atoms with van der Waals surface area (Å²) in [6.07, 6.45) is 0. The molecular formula is C19H16N6OS. The third kappa shape index (κ3) is 4.74. The lowest BCUT2D eigenvalue weighted by molar-refractivity contribution is 0.415. The summed E-state index contributed by atoms with van der Waals surface area (Å²) >= 11 is 1.27. The lowest BCUT2D eigenvalue weighted by atomic mass is 10.3. The van der Waals surface area contributed by atoms with Gasteiger partial charge in [0, 0.05) is 0 Å². The first kappa shape index (κ1) is 18.2. The molecule has 3 rings (SSSR count). The third-order valence-electron chi connectivity index (χ3n) is 3.48. The zero-order valence-corrected chi connectivity index (χ0v) is 15.6. The lowest BCUT2D eigenvalue weighted by Crippen LogP contribution is -2.01. The van der Waals surface area contributed by atoms with Crippen molar-refractivity contribution in [2.45, 2.75) is 6.92 Å². The second-order valence-corrected chi connectivity index (χ2v) is 6.34. The predicted octanol–water partition coefficient (Wildman–Crippen LogP) is 5.22. The monoisotopic (exact) mass is 376 g/mol. The van der Waals surface area contributed by atoms with E-state index < -0.39 is 0 Å². The summed E-state index contributed by atoms with van der Waals surface area (Å²) in [5.74, 6) is 0.744. The number of nitrogens with one attached hydrogen (secondary N) is 1. The summed E-state index contributed by atoms with van der Waals surface area (Å²) in [6, 6.07) is 18.7. The lowest BCUT2D eigenvalue weighted by Gasteiger charge is -2.02. The van der Waals surface area contributed by atoms with Crippen molar-refractivity contribution >= 4 is 33.4 Å². The highest BCUT2D eigenvalue weighted by Crippen LogP contribution is 2.29.